The van der Waals surface area contributed by atoms with Crippen molar-refractivity contribution in [1.82, 2.24) is 10.6 Å². The van der Waals surface area contributed by atoms with Gasteiger partial charge in [0.05, 0.1) is 0 Å². The number of hydrogen-bond donors (Lipinski definition) is 3. The minimum atomic E-state index is -1.06. The standard InChI is InChI=1S/C15H20N2O3/c1-10-6-5-9-12(10)16-15(20)17-13(14(18)19)11-7-3-2-4-8-11/h2-4,7-8,10,12-13H,5-6,9H2,1H3,(H,18,19)(H2,16,17,20)/t10?,12?,13-/m0/s1. The Morgan fingerprint density at radius 1 is 1.25 bits per heavy atom. The first-order valence-electron chi connectivity index (χ1n) is 6.92. The number of carboxylic acids is 1. The monoisotopic (exact) mass is 276 g/mol. The summed E-state index contributed by atoms with van der Waals surface area (Å²) in [6.45, 7) is 2.10. The quantitative estimate of drug-likeness (QED) is 0.789. The minimum Gasteiger partial charge on any atom is -0.479 e. The molecular weight excluding hydrogens is 256 g/mol. The largest absolute Gasteiger partial charge is 0.479 e. The third kappa shape index (κ3) is 3.50. The maximum absolute atomic E-state index is 11.9. The molecule has 5 heteroatoms. The van der Waals surface area contributed by atoms with E-state index >= 15 is 0 Å². The van der Waals surface area contributed by atoms with Crippen LogP contribution in [-0.4, -0.2) is 23.1 Å². The van der Waals surface area contributed by atoms with E-state index in [1.54, 1.807) is 24.3 Å². The van der Waals surface area contributed by atoms with Gasteiger partial charge in [0, 0.05) is 6.04 Å². The van der Waals surface area contributed by atoms with Gasteiger partial charge in [-0.15, -0.1) is 0 Å². The van der Waals surface area contributed by atoms with Crippen molar-refractivity contribution in [2.75, 3.05) is 0 Å². The smallest absolute Gasteiger partial charge is 0.330 e. The third-order valence-corrected chi connectivity index (χ3v) is 3.83. The number of carbonyl (C=O) groups is 2. The molecule has 0 bridgehead atoms. The van der Waals surface area contributed by atoms with E-state index in [4.69, 9.17) is 0 Å². The van der Waals surface area contributed by atoms with Crippen LogP contribution in [0, 0.1) is 5.92 Å². The Bertz CT molecular complexity index is 475. The Morgan fingerprint density at radius 3 is 2.50 bits per heavy atom. The van der Waals surface area contributed by atoms with Crippen LogP contribution in [-0.2, 0) is 4.79 Å². The molecule has 1 aromatic carbocycles. The summed E-state index contributed by atoms with van der Waals surface area (Å²) < 4.78 is 0. The summed E-state index contributed by atoms with van der Waals surface area (Å²) in [5, 5.41) is 14.6. The van der Waals surface area contributed by atoms with Crippen LogP contribution in [0.1, 0.15) is 37.8 Å². The van der Waals surface area contributed by atoms with Gasteiger partial charge >= 0.3 is 12.0 Å². The van der Waals surface area contributed by atoms with Crippen molar-refractivity contribution in [1.29, 1.82) is 0 Å². The molecule has 0 aromatic heterocycles. The number of aliphatic carboxylic acids is 1. The molecule has 1 aliphatic carbocycles. The van der Waals surface area contributed by atoms with Crippen molar-refractivity contribution in [2.45, 2.75) is 38.3 Å². The lowest BCUT2D eigenvalue weighted by atomic mass is 10.1. The molecule has 1 aromatic rings. The molecule has 1 aliphatic rings. The molecule has 108 valence electrons. The Kier molecular flexibility index (Phi) is 4.61. The number of benzene rings is 1. The molecule has 0 radical (unpaired) electrons. The average molecular weight is 276 g/mol. The Morgan fingerprint density at radius 2 is 1.95 bits per heavy atom. The predicted molar refractivity (Wildman–Crippen MR) is 75.3 cm³/mol. The van der Waals surface area contributed by atoms with Crippen molar-refractivity contribution in [3.63, 3.8) is 0 Å². The van der Waals surface area contributed by atoms with E-state index in [1.165, 1.54) is 0 Å². The topological polar surface area (TPSA) is 78.4 Å². The lowest BCUT2D eigenvalue weighted by molar-refractivity contribution is -0.139. The molecule has 0 aliphatic heterocycles. The van der Waals surface area contributed by atoms with E-state index in [-0.39, 0.29) is 6.04 Å². The molecule has 1 saturated carbocycles. The molecule has 0 spiro atoms. The van der Waals surface area contributed by atoms with Gasteiger partial charge in [0.1, 0.15) is 0 Å². The van der Waals surface area contributed by atoms with E-state index in [2.05, 4.69) is 17.6 Å². The van der Waals surface area contributed by atoms with Gasteiger partial charge in [0.15, 0.2) is 6.04 Å². The van der Waals surface area contributed by atoms with Crippen molar-refractivity contribution >= 4 is 12.0 Å². The first-order chi connectivity index (χ1) is 9.58. The molecular formula is C15H20N2O3. The van der Waals surface area contributed by atoms with E-state index in [9.17, 15) is 14.7 Å². The van der Waals surface area contributed by atoms with Crippen LogP contribution >= 0.6 is 0 Å². The van der Waals surface area contributed by atoms with Crippen LogP contribution in [0.5, 0.6) is 0 Å². The number of amides is 2. The fraction of sp³-hybridized carbons (Fsp3) is 0.467. The van der Waals surface area contributed by atoms with Gasteiger partial charge < -0.3 is 15.7 Å². The summed E-state index contributed by atoms with van der Waals surface area (Å²) >= 11 is 0. The van der Waals surface area contributed by atoms with Crippen LogP contribution in [0.4, 0.5) is 4.79 Å². The molecule has 2 amide bonds. The maximum atomic E-state index is 11.9. The SMILES string of the molecule is CC1CCCC1NC(=O)N[C@H](C(=O)O)c1ccccc1. The number of carboxylic acid groups (broad SMARTS) is 1. The molecule has 5 nitrogen and oxygen atoms in total. The molecule has 3 N–H and O–H groups in total. The normalized spacial score (nSPS) is 23.1. The zero-order valence-electron chi connectivity index (χ0n) is 11.5. The maximum Gasteiger partial charge on any atom is 0.330 e. The molecule has 3 atom stereocenters. The summed E-state index contributed by atoms with van der Waals surface area (Å²) in [4.78, 5) is 23.2. The fourth-order valence-corrected chi connectivity index (χ4v) is 2.63. The van der Waals surface area contributed by atoms with E-state index < -0.39 is 18.0 Å². The Hall–Kier alpha value is -2.04. The summed E-state index contributed by atoms with van der Waals surface area (Å²) in [7, 11) is 0. The van der Waals surface area contributed by atoms with Crippen LogP contribution in [0.25, 0.3) is 0 Å². The summed E-state index contributed by atoms with van der Waals surface area (Å²) in [6.07, 6.45) is 3.16. The summed E-state index contributed by atoms with van der Waals surface area (Å²) in [5.41, 5.74) is 0.564. The van der Waals surface area contributed by atoms with E-state index in [0.717, 1.165) is 19.3 Å². The molecule has 1 fully saturated rings. The van der Waals surface area contributed by atoms with Gasteiger partial charge in [-0.2, -0.15) is 0 Å². The molecule has 0 saturated heterocycles. The van der Waals surface area contributed by atoms with E-state index in [1.807, 2.05) is 6.07 Å². The van der Waals surface area contributed by atoms with Crippen LogP contribution in [0.15, 0.2) is 30.3 Å². The second-order valence-electron chi connectivity index (χ2n) is 5.31. The summed E-state index contributed by atoms with van der Waals surface area (Å²) in [5.74, 6) is -0.619. The predicted octanol–water partition coefficient (Wildman–Crippen LogP) is 2.30. The zero-order chi connectivity index (χ0) is 14.5. The Labute approximate surface area is 118 Å². The highest BCUT2D eigenvalue weighted by atomic mass is 16.4. The fourth-order valence-electron chi connectivity index (χ4n) is 2.63. The molecule has 2 unspecified atom stereocenters. The van der Waals surface area contributed by atoms with Gasteiger partial charge in [-0.25, -0.2) is 9.59 Å². The Balaban J connectivity index is 1.98. The number of urea groups is 1. The molecule has 0 heterocycles. The second-order valence-corrected chi connectivity index (χ2v) is 5.31. The number of nitrogens with one attached hydrogen (secondary N) is 2. The average Bonchev–Trinajstić information content (AvgIpc) is 2.82. The van der Waals surface area contributed by atoms with Gasteiger partial charge in [0.25, 0.3) is 0 Å². The highest BCUT2D eigenvalue weighted by Crippen LogP contribution is 2.24. The third-order valence-electron chi connectivity index (χ3n) is 3.83. The number of hydrogen-bond acceptors (Lipinski definition) is 2. The lowest BCUT2D eigenvalue weighted by Gasteiger charge is -2.20. The first kappa shape index (κ1) is 14.4. The molecule has 20 heavy (non-hydrogen) atoms. The summed E-state index contributed by atoms with van der Waals surface area (Å²) in [6, 6.07) is 7.40. The second kappa shape index (κ2) is 6.41. The van der Waals surface area contributed by atoms with Crippen molar-refractivity contribution in [2.24, 2.45) is 5.92 Å². The van der Waals surface area contributed by atoms with Crippen molar-refractivity contribution in [3.8, 4) is 0 Å². The first-order valence-corrected chi connectivity index (χ1v) is 6.92. The van der Waals surface area contributed by atoms with Crippen molar-refractivity contribution in [3.05, 3.63) is 35.9 Å². The van der Waals surface area contributed by atoms with Crippen molar-refractivity contribution < 1.29 is 14.7 Å². The minimum absolute atomic E-state index is 0.139. The van der Waals surface area contributed by atoms with E-state index in [0.29, 0.717) is 11.5 Å². The van der Waals surface area contributed by atoms with Gasteiger partial charge in [0.2, 0.25) is 0 Å². The van der Waals surface area contributed by atoms with Crippen LogP contribution < -0.4 is 10.6 Å². The lowest BCUT2D eigenvalue weighted by Crippen LogP contribution is -2.46. The number of rotatable bonds is 4. The highest BCUT2D eigenvalue weighted by Gasteiger charge is 2.27. The number of carbonyl (C=O) groups excluding carboxylic acids is 1. The van der Waals surface area contributed by atoms with Gasteiger partial charge in [-0.05, 0) is 24.3 Å². The zero-order valence-corrected chi connectivity index (χ0v) is 11.5. The van der Waals surface area contributed by atoms with Crippen LogP contribution in [0.2, 0.25) is 0 Å². The van der Waals surface area contributed by atoms with Gasteiger partial charge in [-0.1, -0.05) is 43.7 Å². The van der Waals surface area contributed by atoms with Crippen LogP contribution in [0.3, 0.4) is 0 Å². The highest BCUT2D eigenvalue weighted by molar-refractivity contribution is 5.83. The van der Waals surface area contributed by atoms with Gasteiger partial charge in [-0.3, -0.25) is 0 Å². The molecule has 2 rings (SSSR count).